The molecule has 1 N–H and O–H groups in total. The fourth-order valence-electron chi connectivity index (χ4n) is 4.22. The second-order valence-electron chi connectivity index (χ2n) is 7.89. The molecule has 0 saturated heterocycles. The Bertz CT molecular complexity index is 917. The molecule has 0 saturated carbocycles. The van der Waals surface area contributed by atoms with E-state index in [2.05, 4.69) is 63.7 Å². The third-order valence-electron chi connectivity index (χ3n) is 5.91. The van der Waals surface area contributed by atoms with Crippen LogP contribution in [0.15, 0.2) is 65.7 Å². The summed E-state index contributed by atoms with van der Waals surface area (Å²) in [5.41, 5.74) is 5.26. The van der Waals surface area contributed by atoms with Gasteiger partial charge >= 0.3 is 0 Å². The zero-order chi connectivity index (χ0) is 20.8. The first-order chi connectivity index (χ1) is 14.7. The summed E-state index contributed by atoms with van der Waals surface area (Å²) in [6, 6.07) is 18.9. The van der Waals surface area contributed by atoms with Crippen molar-refractivity contribution in [3.05, 3.63) is 77.4 Å². The molecule has 2 aliphatic heterocycles. The number of rotatable bonds is 5. The van der Waals surface area contributed by atoms with Gasteiger partial charge in [-0.3, -0.25) is 9.79 Å². The van der Waals surface area contributed by atoms with Crippen LogP contribution in [0.25, 0.3) is 5.57 Å². The maximum absolute atomic E-state index is 12.6. The standard InChI is InChI=1S/C25H30N4O.HI/c1-26-25(28-16-13-21(14-17-28)20-8-3-2-4-9-20)27-15-7-12-24(30)29-18-22-10-5-6-11-23(22)19-29;/h2-6,8-11,13H,7,12,14-19H2,1H3,(H,26,27);1H. The third-order valence-corrected chi connectivity index (χ3v) is 5.91. The Balaban J connectivity index is 0.00000272. The molecule has 2 heterocycles. The summed E-state index contributed by atoms with van der Waals surface area (Å²) in [5.74, 6) is 1.15. The van der Waals surface area contributed by atoms with Gasteiger partial charge < -0.3 is 15.1 Å². The number of carbonyl (C=O) groups is 1. The molecular weight excluding hydrogens is 499 g/mol. The predicted molar refractivity (Wildman–Crippen MR) is 137 cm³/mol. The van der Waals surface area contributed by atoms with Crippen LogP contribution in [-0.4, -0.2) is 48.3 Å². The summed E-state index contributed by atoms with van der Waals surface area (Å²) in [4.78, 5) is 21.2. The SMILES string of the molecule is CN=C(NCCCC(=O)N1Cc2ccccc2C1)N1CC=C(c2ccccc2)CC1.I. The van der Waals surface area contributed by atoms with Crippen LogP contribution in [-0.2, 0) is 17.9 Å². The molecule has 0 spiro atoms. The zero-order valence-electron chi connectivity index (χ0n) is 18.1. The van der Waals surface area contributed by atoms with Crippen LogP contribution in [0.4, 0.5) is 0 Å². The second kappa shape index (κ2) is 11.3. The van der Waals surface area contributed by atoms with E-state index in [4.69, 9.17) is 0 Å². The number of aliphatic imine (C=N–C) groups is 1. The van der Waals surface area contributed by atoms with Crippen molar-refractivity contribution >= 4 is 41.4 Å². The lowest BCUT2D eigenvalue weighted by molar-refractivity contribution is -0.131. The number of carbonyl (C=O) groups excluding carboxylic acids is 1. The Kier molecular flexibility index (Phi) is 8.51. The number of amides is 1. The lowest BCUT2D eigenvalue weighted by Gasteiger charge is -2.30. The number of guanidine groups is 1. The van der Waals surface area contributed by atoms with E-state index in [-0.39, 0.29) is 29.9 Å². The van der Waals surface area contributed by atoms with E-state index in [1.165, 1.54) is 22.3 Å². The highest BCUT2D eigenvalue weighted by Crippen LogP contribution is 2.23. The van der Waals surface area contributed by atoms with Gasteiger partial charge in [-0.1, -0.05) is 60.7 Å². The van der Waals surface area contributed by atoms with Crippen LogP contribution in [0.1, 0.15) is 36.0 Å². The van der Waals surface area contributed by atoms with Crippen LogP contribution >= 0.6 is 24.0 Å². The van der Waals surface area contributed by atoms with Crippen molar-refractivity contribution < 1.29 is 4.79 Å². The van der Waals surface area contributed by atoms with E-state index in [1.807, 2.05) is 24.1 Å². The van der Waals surface area contributed by atoms with Gasteiger partial charge in [0.15, 0.2) is 5.96 Å². The normalized spacial score (nSPS) is 15.8. The van der Waals surface area contributed by atoms with Gasteiger partial charge in [0.05, 0.1) is 0 Å². The molecule has 6 heteroatoms. The van der Waals surface area contributed by atoms with Crippen LogP contribution in [0.2, 0.25) is 0 Å². The number of nitrogens with zero attached hydrogens (tertiary/aromatic N) is 3. The molecule has 2 aromatic rings. The molecule has 1 amide bonds. The summed E-state index contributed by atoms with van der Waals surface area (Å²) >= 11 is 0. The quantitative estimate of drug-likeness (QED) is 0.272. The highest BCUT2D eigenvalue weighted by molar-refractivity contribution is 14.0. The Morgan fingerprint density at radius 1 is 1.00 bits per heavy atom. The molecule has 0 aliphatic carbocycles. The molecule has 0 radical (unpaired) electrons. The van der Waals surface area contributed by atoms with Crippen LogP contribution in [0.3, 0.4) is 0 Å². The van der Waals surface area contributed by atoms with Crippen molar-refractivity contribution in [2.24, 2.45) is 4.99 Å². The molecule has 5 nitrogen and oxygen atoms in total. The highest BCUT2D eigenvalue weighted by Gasteiger charge is 2.22. The summed E-state index contributed by atoms with van der Waals surface area (Å²) < 4.78 is 0. The number of fused-ring (bicyclic) bond motifs is 1. The Hall–Kier alpha value is -2.35. The van der Waals surface area contributed by atoms with E-state index in [0.29, 0.717) is 6.42 Å². The summed E-state index contributed by atoms with van der Waals surface area (Å²) in [6.07, 6.45) is 4.68. The van der Waals surface area contributed by atoms with Gasteiger partial charge in [0.1, 0.15) is 0 Å². The first-order valence-electron chi connectivity index (χ1n) is 10.8. The van der Waals surface area contributed by atoms with Gasteiger partial charge in [-0.2, -0.15) is 0 Å². The zero-order valence-corrected chi connectivity index (χ0v) is 20.4. The Morgan fingerprint density at radius 2 is 1.68 bits per heavy atom. The lowest BCUT2D eigenvalue weighted by atomic mass is 10.00. The van der Waals surface area contributed by atoms with Gasteiger partial charge in [0, 0.05) is 46.2 Å². The molecule has 31 heavy (non-hydrogen) atoms. The highest BCUT2D eigenvalue weighted by atomic mass is 127. The fraction of sp³-hybridized carbons (Fsp3) is 0.360. The number of halogens is 1. The van der Waals surface area contributed by atoms with Crippen LogP contribution in [0.5, 0.6) is 0 Å². The van der Waals surface area contributed by atoms with Crippen LogP contribution < -0.4 is 5.32 Å². The van der Waals surface area contributed by atoms with Gasteiger partial charge in [-0.25, -0.2) is 0 Å². The molecule has 0 unspecified atom stereocenters. The van der Waals surface area contributed by atoms with Gasteiger partial charge in [0.2, 0.25) is 5.91 Å². The largest absolute Gasteiger partial charge is 0.356 e. The molecule has 4 rings (SSSR count). The topological polar surface area (TPSA) is 47.9 Å². The number of nitrogens with one attached hydrogen (secondary N) is 1. The van der Waals surface area contributed by atoms with Gasteiger partial charge in [-0.15, -0.1) is 24.0 Å². The molecule has 0 bridgehead atoms. The fourth-order valence-corrected chi connectivity index (χ4v) is 4.22. The minimum Gasteiger partial charge on any atom is -0.356 e. The second-order valence-corrected chi connectivity index (χ2v) is 7.89. The Labute approximate surface area is 202 Å². The van der Waals surface area contributed by atoms with Crippen molar-refractivity contribution in [3.8, 4) is 0 Å². The van der Waals surface area contributed by atoms with Gasteiger partial charge in [-0.05, 0) is 35.1 Å². The molecule has 0 aromatic heterocycles. The first-order valence-corrected chi connectivity index (χ1v) is 10.8. The molecule has 0 atom stereocenters. The average molecular weight is 530 g/mol. The van der Waals surface area contributed by atoms with Crippen molar-refractivity contribution in [3.63, 3.8) is 0 Å². The summed E-state index contributed by atoms with van der Waals surface area (Å²) in [7, 11) is 1.82. The van der Waals surface area contributed by atoms with Crippen LogP contribution in [0, 0.1) is 0 Å². The number of hydrogen-bond acceptors (Lipinski definition) is 2. The molecule has 2 aromatic carbocycles. The molecule has 2 aliphatic rings. The minimum absolute atomic E-state index is 0. The summed E-state index contributed by atoms with van der Waals surface area (Å²) in [5, 5.41) is 3.43. The van der Waals surface area contributed by atoms with E-state index < -0.39 is 0 Å². The molecule has 164 valence electrons. The molecule has 0 fully saturated rings. The van der Waals surface area contributed by atoms with Crippen molar-refractivity contribution in [1.29, 1.82) is 0 Å². The maximum atomic E-state index is 12.6. The van der Waals surface area contributed by atoms with E-state index >= 15 is 0 Å². The average Bonchev–Trinajstić information content (AvgIpc) is 3.24. The first kappa shape index (κ1) is 23.3. The number of hydrogen-bond donors (Lipinski definition) is 1. The van der Waals surface area contributed by atoms with Crippen molar-refractivity contribution in [1.82, 2.24) is 15.1 Å². The van der Waals surface area contributed by atoms with Crippen molar-refractivity contribution in [2.75, 3.05) is 26.7 Å². The monoisotopic (exact) mass is 530 g/mol. The summed E-state index contributed by atoms with van der Waals surface area (Å²) in [6.45, 7) is 4.05. The van der Waals surface area contributed by atoms with E-state index in [0.717, 1.165) is 51.5 Å². The van der Waals surface area contributed by atoms with Gasteiger partial charge in [0.25, 0.3) is 0 Å². The smallest absolute Gasteiger partial charge is 0.223 e. The van der Waals surface area contributed by atoms with E-state index in [1.54, 1.807) is 0 Å². The predicted octanol–water partition coefficient (Wildman–Crippen LogP) is 4.29. The lowest BCUT2D eigenvalue weighted by Crippen LogP contribution is -2.43. The van der Waals surface area contributed by atoms with Crippen molar-refractivity contribution in [2.45, 2.75) is 32.4 Å². The number of benzene rings is 2. The molecular formula is C25H31IN4O. The Morgan fingerprint density at radius 3 is 2.29 bits per heavy atom. The van der Waals surface area contributed by atoms with E-state index in [9.17, 15) is 4.79 Å². The maximum Gasteiger partial charge on any atom is 0.223 e. The third kappa shape index (κ3) is 5.87. The minimum atomic E-state index is 0.